The zero-order chi connectivity index (χ0) is 23.3. The standard InChI is InChI=1S/C22H23ClF3N3O3/c1-13-12-29(5-6-32-13)19(21-17(23)3-2-4-18(21)26)10-27-20(30)11-28-22(31)14-7-15(24)9-16(25)8-14/h2-4,7-9,13,19H,5-6,10-12H2,1H3,(H,27,30)(H,28,31). The van der Waals surface area contributed by atoms with Crippen LogP contribution in [-0.4, -0.2) is 55.6 Å². The number of benzene rings is 2. The zero-order valence-electron chi connectivity index (χ0n) is 17.3. The molecular weight excluding hydrogens is 447 g/mol. The van der Waals surface area contributed by atoms with Crippen LogP contribution in [0, 0.1) is 17.5 Å². The van der Waals surface area contributed by atoms with E-state index in [1.54, 1.807) is 6.07 Å². The Labute approximate surface area is 188 Å². The first kappa shape index (κ1) is 24.0. The van der Waals surface area contributed by atoms with Gasteiger partial charge in [0.1, 0.15) is 17.5 Å². The molecule has 172 valence electrons. The summed E-state index contributed by atoms with van der Waals surface area (Å²) in [4.78, 5) is 26.4. The topological polar surface area (TPSA) is 70.7 Å². The zero-order valence-corrected chi connectivity index (χ0v) is 18.1. The van der Waals surface area contributed by atoms with Crippen LogP contribution in [0.5, 0.6) is 0 Å². The van der Waals surface area contributed by atoms with Crippen molar-refractivity contribution >= 4 is 23.4 Å². The molecule has 1 heterocycles. The monoisotopic (exact) mass is 469 g/mol. The van der Waals surface area contributed by atoms with E-state index in [0.29, 0.717) is 25.8 Å². The number of nitrogens with one attached hydrogen (secondary N) is 2. The highest BCUT2D eigenvalue weighted by molar-refractivity contribution is 6.31. The van der Waals surface area contributed by atoms with Crippen molar-refractivity contribution in [3.8, 4) is 0 Å². The van der Waals surface area contributed by atoms with Gasteiger partial charge in [-0.2, -0.15) is 0 Å². The number of amides is 2. The van der Waals surface area contributed by atoms with Gasteiger partial charge in [0.2, 0.25) is 5.91 Å². The maximum atomic E-state index is 14.6. The molecule has 1 fully saturated rings. The summed E-state index contributed by atoms with van der Waals surface area (Å²) in [5, 5.41) is 5.22. The van der Waals surface area contributed by atoms with Crippen molar-refractivity contribution in [2.75, 3.05) is 32.8 Å². The minimum Gasteiger partial charge on any atom is -0.376 e. The molecule has 1 aliphatic heterocycles. The van der Waals surface area contributed by atoms with Crippen LogP contribution >= 0.6 is 11.6 Å². The highest BCUT2D eigenvalue weighted by atomic mass is 35.5. The van der Waals surface area contributed by atoms with Crippen LogP contribution in [-0.2, 0) is 9.53 Å². The smallest absolute Gasteiger partial charge is 0.251 e. The lowest BCUT2D eigenvalue weighted by Gasteiger charge is -2.38. The van der Waals surface area contributed by atoms with Crippen molar-refractivity contribution in [3.63, 3.8) is 0 Å². The Hall–Kier alpha value is -2.62. The Kier molecular flexibility index (Phi) is 8.11. The van der Waals surface area contributed by atoms with Crippen LogP contribution in [0.4, 0.5) is 13.2 Å². The first-order valence-corrected chi connectivity index (χ1v) is 10.4. The number of nitrogens with zero attached hydrogens (tertiary/aromatic N) is 1. The highest BCUT2D eigenvalue weighted by Crippen LogP contribution is 2.31. The molecule has 3 rings (SSSR count). The van der Waals surface area contributed by atoms with Gasteiger partial charge in [0, 0.05) is 41.9 Å². The molecule has 32 heavy (non-hydrogen) atoms. The number of morpholine rings is 1. The average molecular weight is 470 g/mol. The summed E-state index contributed by atoms with van der Waals surface area (Å²) in [6.07, 6.45) is -0.0709. The number of carbonyl (C=O) groups excluding carboxylic acids is 2. The third-order valence-corrected chi connectivity index (χ3v) is 5.40. The molecule has 0 aromatic heterocycles. The second-order valence-corrected chi connectivity index (χ2v) is 7.88. The fourth-order valence-electron chi connectivity index (χ4n) is 3.59. The van der Waals surface area contributed by atoms with Crippen molar-refractivity contribution in [1.29, 1.82) is 0 Å². The lowest BCUT2D eigenvalue weighted by molar-refractivity contribution is -0.120. The summed E-state index contributed by atoms with van der Waals surface area (Å²) in [6, 6.07) is 6.22. The second-order valence-electron chi connectivity index (χ2n) is 7.47. The molecule has 2 aromatic carbocycles. The molecule has 0 aliphatic carbocycles. The summed E-state index contributed by atoms with van der Waals surface area (Å²) in [6.45, 7) is 3.02. The van der Waals surface area contributed by atoms with Gasteiger partial charge in [0.25, 0.3) is 5.91 Å². The molecule has 0 bridgehead atoms. The van der Waals surface area contributed by atoms with Crippen molar-refractivity contribution < 1.29 is 27.5 Å². The van der Waals surface area contributed by atoms with E-state index in [2.05, 4.69) is 10.6 Å². The Morgan fingerprint density at radius 2 is 1.91 bits per heavy atom. The van der Waals surface area contributed by atoms with Gasteiger partial charge in [-0.1, -0.05) is 17.7 Å². The van der Waals surface area contributed by atoms with Gasteiger partial charge in [-0.25, -0.2) is 13.2 Å². The molecule has 6 nitrogen and oxygen atoms in total. The molecule has 2 atom stereocenters. The lowest BCUT2D eigenvalue weighted by Crippen LogP contribution is -2.48. The quantitative estimate of drug-likeness (QED) is 0.654. The van der Waals surface area contributed by atoms with E-state index in [9.17, 15) is 22.8 Å². The Bertz CT molecular complexity index is 952. The lowest BCUT2D eigenvalue weighted by atomic mass is 10.0. The van der Waals surface area contributed by atoms with E-state index in [4.69, 9.17) is 16.3 Å². The minimum atomic E-state index is -0.899. The van der Waals surface area contributed by atoms with Crippen LogP contribution < -0.4 is 10.6 Å². The Balaban J connectivity index is 1.65. The minimum absolute atomic E-state index is 0.0384. The van der Waals surface area contributed by atoms with Crippen molar-refractivity contribution in [1.82, 2.24) is 15.5 Å². The molecule has 0 spiro atoms. The predicted octanol–water partition coefficient (Wildman–Crippen LogP) is 3.07. The second kappa shape index (κ2) is 10.8. The van der Waals surface area contributed by atoms with Gasteiger partial charge >= 0.3 is 0 Å². The predicted molar refractivity (Wildman–Crippen MR) is 113 cm³/mol. The molecule has 1 aliphatic rings. The van der Waals surface area contributed by atoms with E-state index < -0.39 is 41.9 Å². The Morgan fingerprint density at radius 1 is 1.19 bits per heavy atom. The van der Waals surface area contributed by atoms with Crippen LogP contribution in [0.1, 0.15) is 28.9 Å². The third-order valence-electron chi connectivity index (χ3n) is 5.07. The van der Waals surface area contributed by atoms with E-state index in [1.165, 1.54) is 12.1 Å². The maximum Gasteiger partial charge on any atom is 0.251 e. The van der Waals surface area contributed by atoms with Crippen molar-refractivity contribution in [2.45, 2.75) is 19.1 Å². The van der Waals surface area contributed by atoms with Gasteiger partial charge in [0.05, 0.1) is 25.3 Å². The Morgan fingerprint density at radius 3 is 2.56 bits per heavy atom. The number of hydrogen-bond donors (Lipinski definition) is 2. The van der Waals surface area contributed by atoms with Gasteiger partial charge in [-0.05, 0) is 31.2 Å². The normalized spacial score (nSPS) is 17.6. The summed E-state index contributed by atoms with van der Waals surface area (Å²) < 4.78 is 46.7. The number of ether oxygens (including phenoxy) is 1. The average Bonchev–Trinajstić information content (AvgIpc) is 2.73. The maximum absolute atomic E-state index is 14.6. The summed E-state index contributed by atoms with van der Waals surface area (Å²) in [5.74, 6) is -3.63. The molecule has 2 amide bonds. The van der Waals surface area contributed by atoms with Gasteiger partial charge in [0.15, 0.2) is 0 Å². The molecule has 2 aromatic rings. The number of halogens is 4. The first-order chi connectivity index (χ1) is 15.2. The number of carbonyl (C=O) groups is 2. The molecule has 0 saturated carbocycles. The van der Waals surface area contributed by atoms with Crippen molar-refractivity contribution in [3.05, 3.63) is 70.0 Å². The van der Waals surface area contributed by atoms with E-state index in [0.717, 1.165) is 12.1 Å². The van der Waals surface area contributed by atoms with E-state index in [-0.39, 0.29) is 28.8 Å². The van der Waals surface area contributed by atoms with Crippen LogP contribution in [0.2, 0.25) is 5.02 Å². The van der Waals surface area contributed by atoms with Gasteiger partial charge in [-0.3, -0.25) is 14.5 Å². The van der Waals surface area contributed by atoms with Gasteiger partial charge in [-0.15, -0.1) is 0 Å². The molecule has 0 radical (unpaired) electrons. The van der Waals surface area contributed by atoms with Crippen LogP contribution in [0.15, 0.2) is 36.4 Å². The third kappa shape index (κ3) is 6.21. The number of rotatable bonds is 7. The molecule has 10 heteroatoms. The number of hydrogen-bond acceptors (Lipinski definition) is 4. The van der Waals surface area contributed by atoms with E-state index in [1.807, 2.05) is 11.8 Å². The molecule has 2 unspecified atom stereocenters. The SMILES string of the molecule is CC1CN(C(CNC(=O)CNC(=O)c2cc(F)cc(F)c2)c2c(F)cccc2Cl)CCO1. The molecular formula is C22H23ClF3N3O3. The fraction of sp³-hybridized carbons (Fsp3) is 0.364. The largest absolute Gasteiger partial charge is 0.376 e. The summed E-state index contributed by atoms with van der Waals surface area (Å²) >= 11 is 6.26. The van der Waals surface area contributed by atoms with Crippen molar-refractivity contribution in [2.24, 2.45) is 0 Å². The summed E-state index contributed by atoms with van der Waals surface area (Å²) in [7, 11) is 0. The molecule has 2 N–H and O–H groups in total. The molecule has 1 saturated heterocycles. The highest BCUT2D eigenvalue weighted by Gasteiger charge is 2.29. The van der Waals surface area contributed by atoms with Gasteiger partial charge < -0.3 is 15.4 Å². The first-order valence-electron chi connectivity index (χ1n) is 10.0. The summed E-state index contributed by atoms with van der Waals surface area (Å²) in [5.41, 5.74) is 0.0245. The fourth-order valence-corrected chi connectivity index (χ4v) is 3.88. The van der Waals surface area contributed by atoms with E-state index >= 15 is 0 Å². The van der Waals surface area contributed by atoms with Crippen LogP contribution in [0.25, 0.3) is 0 Å². The van der Waals surface area contributed by atoms with Crippen LogP contribution in [0.3, 0.4) is 0 Å².